The molecule has 1 aromatic heterocycles. The fourth-order valence-electron chi connectivity index (χ4n) is 1.01. The summed E-state index contributed by atoms with van der Waals surface area (Å²) in [5.41, 5.74) is 0.796. The van der Waals surface area contributed by atoms with Gasteiger partial charge < -0.3 is 5.32 Å². The van der Waals surface area contributed by atoms with Crippen LogP contribution in [0.2, 0.25) is 0 Å². The summed E-state index contributed by atoms with van der Waals surface area (Å²) in [7, 11) is -1.64. The number of rotatable bonds is 5. The zero-order valence-electron chi connectivity index (χ0n) is 8.82. The fourth-order valence-corrected chi connectivity index (χ4v) is 1.98. The number of hydrogen-bond donors (Lipinski definition) is 2. The molecule has 0 saturated carbocycles. The minimum absolute atomic E-state index is 0.198. The van der Waals surface area contributed by atoms with Gasteiger partial charge in [-0.15, -0.1) is 0 Å². The van der Waals surface area contributed by atoms with Crippen LogP contribution in [-0.2, 0) is 10.0 Å². The van der Waals surface area contributed by atoms with Gasteiger partial charge in [0, 0.05) is 25.0 Å². The minimum atomic E-state index is -3.40. The molecule has 0 amide bonds. The van der Waals surface area contributed by atoms with Crippen LogP contribution in [0.25, 0.3) is 0 Å². The van der Waals surface area contributed by atoms with Crippen molar-refractivity contribution in [2.75, 3.05) is 20.1 Å². The smallest absolute Gasteiger partial charge is 0.242 e. The number of aromatic nitrogens is 1. The van der Waals surface area contributed by atoms with Crippen LogP contribution >= 0.6 is 0 Å². The Morgan fingerprint density at radius 2 is 2.07 bits per heavy atom. The summed E-state index contributed by atoms with van der Waals surface area (Å²) in [5.74, 6) is 0. The largest absolute Gasteiger partial charge is 0.318 e. The standard InChI is InChI=1S/C9H15N3O2S/c1-8-3-4-9(7-11-8)15(13,14)12-6-5-10-2/h3-4,7,10,12H,5-6H2,1-2H3. The molecule has 6 heteroatoms. The highest BCUT2D eigenvalue weighted by atomic mass is 32.2. The molecule has 0 bridgehead atoms. The fraction of sp³-hybridized carbons (Fsp3) is 0.444. The number of pyridine rings is 1. The first-order chi connectivity index (χ1) is 7.06. The van der Waals surface area contributed by atoms with Crippen LogP contribution in [0, 0.1) is 6.92 Å². The van der Waals surface area contributed by atoms with Crippen LogP contribution < -0.4 is 10.0 Å². The van der Waals surface area contributed by atoms with Crippen molar-refractivity contribution < 1.29 is 8.42 Å². The second-order valence-electron chi connectivity index (χ2n) is 3.14. The first-order valence-electron chi connectivity index (χ1n) is 4.63. The maximum absolute atomic E-state index is 11.6. The van der Waals surface area contributed by atoms with Gasteiger partial charge in [-0.05, 0) is 26.1 Å². The number of nitrogens with zero attached hydrogens (tertiary/aromatic N) is 1. The van der Waals surface area contributed by atoms with E-state index in [1.807, 2.05) is 6.92 Å². The van der Waals surface area contributed by atoms with Crippen molar-refractivity contribution >= 4 is 10.0 Å². The van der Waals surface area contributed by atoms with Crippen molar-refractivity contribution in [3.63, 3.8) is 0 Å². The number of nitrogens with one attached hydrogen (secondary N) is 2. The highest BCUT2D eigenvalue weighted by Gasteiger charge is 2.12. The topological polar surface area (TPSA) is 71.1 Å². The molecule has 0 saturated heterocycles. The van der Waals surface area contributed by atoms with Gasteiger partial charge in [0.05, 0.1) is 0 Å². The highest BCUT2D eigenvalue weighted by Crippen LogP contribution is 2.06. The van der Waals surface area contributed by atoms with E-state index >= 15 is 0 Å². The second kappa shape index (κ2) is 5.20. The number of likely N-dealkylation sites (N-methyl/N-ethyl adjacent to an activating group) is 1. The van der Waals surface area contributed by atoms with E-state index in [-0.39, 0.29) is 4.90 Å². The molecule has 0 fully saturated rings. The van der Waals surface area contributed by atoms with Crippen LogP contribution in [-0.4, -0.2) is 33.5 Å². The Bertz CT molecular complexity index is 400. The van der Waals surface area contributed by atoms with Gasteiger partial charge in [-0.3, -0.25) is 4.98 Å². The summed E-state index contributed by atoms with van der Waals surface area (Å²) in [6.07, 6.45) is 1.36. The third-order valence-corrected chi connectivity index (χ3v) is 3.31. The Kier molecular flexibility index (Phi) is 4.19. The normalized spacial score (nSPS) is 11.6. The van der Waals surface area contributed by atoms with Crippen LogP contribution in [0.4, 0.5) is 0 Å². The molecule has 0 unspecified atom stereocenters. The van der Waals surface area contributed by atoms with E-state index in [2.05, 4.69) is 15.0 Å². The molecule has 0 aliphatic heterocycles. The van der Waals surface area contributed by atoms with Gasteiger partial charge in [0.1, 0.15) is 4.90 Å². The van der Waals surface area contributed by atoms with E-state index < -0.39 is 10.0 Å². The van der Waals surface area contributed by atoms with Crippen molar-refractivity contribution in [1.29, 1.82) is 0 Å². The average Bonchev–Trinajstić information content (AvgIpc) is 2.18. The van der Waals surface area contributed by atoms with E-state index in [4.69, 9.17) is 0 Å². The summed E-state index contributed by atoms with van der Waals surface area (Å²) < 4.78 is 25.7. The molecule has 0 radical (unpaired) electrons. The summed E-state index contributed by atoms with van der Waals surface area (Å²) in [4.78, 5) is 4.14. The molecular weight excluding hydrogens is 214 g/mol. The lowest BCUT2D eigenvalue weighted by Gasteiger charge is -2.05. The van der Waals surface area contributed by atoms with Crippen molar-refractivity contribution in [2.45, 2.75) is 11.8 Å². The highest BCUT2D eigenvalue weighted by molar-refractivity contribution is 7.89. The molecule has 1 rings (SSSR count). The van der Waals surface area contributed by atoms with E-state index in [0.717, 1.165) is 5.69 Å². The summed E-state index contributed by atoms with van der Waals surface area (Å²) in [6.45, 7) is 2.77. The molecule has 0 spiro atoms. The molecule has 0 aromatic carbocycles. The summed E-state index contributed by atoms with van der Waals surface area (Å²) in [5, 5.41) is 2.86. The second-order valence-corrected chi connectivity index (χ2v) is 4.90. The SMILES string of the molecule is CNCCNS(=O)(=O)c1ccc(C)nc1. The quantitative estimate of drug-likeness (QED) is 0.691. The lowest BCUT2D eigenvalue weighted by Crippen LogP contribution is -2.30. The molecule has 0 aliphatic carbocycles. The molecular formula is C9H15N3O2S. The molecule has 5 nitrogen and oxygen atoms in total. The monoisotopic (exact) mass is 229 g/mol. The Balaban J connectivity index is 2.73. The van der Waals surface area contributed by atoms with Crippen LogP contribution in [0.5, 0.6) is 0 Å². The Labute approximate surface area is 90.0 Å². The summed E-state index contributed by atoms with van der Waals surface area (Å²) in [6, 6.07) is 3.22. The van der Waals surface area contributed by atoms with Gasteiger partial charge in [-0.2, -0.15) is 0 Å². The van der Waals surface area contributed by atoms with Crippen molar-refractivity contribution in [3.05, 3.63) is 24.0 Å². The van der Waals surface area contributed by atoms with Crippen LogP contribution in [0.1, 0.15) is 5.69 Å². The van der Waals surface area contributed by atoms with Gasteiger partial charge in [0.15, 0.2) is 0 Å². The Morgan fingerprint density at radius 3 is 2.60 bits per heavy atom. The van der Waals surface area contributed by atoms with Gasteiger partial charge in [0.25, 0.3) is 0 Å². The van der Waals surface area contributed by atoms with Gasteiger partial charge in [0.2, 0.25) is 10.0 Å². The lowest BCUT2D eigenvalue weighted by molar-refractivity contribution is 0.579. The van der Waals surface area contributed by atoms with E-state index in [0.29, 0.717) is 13.1 Å². The lowest BCUT2D eigenvalue weighted by atomic mass is 10.4. The molecule has 84 valence electrons. The van der Waals surface area contributed by atoms with Crippen LogP contribution in [0.15, 0.2) is 23.2 Å². The van der Waals surface area contributed by atoms with E-state index in [1.165, 1.54) is 6.20 Å². The molecule has 1 aromatic rings. The first kappa shape index (κ1) is 12.1. The van der Waals surface area contributed by atoms with Gasteiger partial charge in [-0.1, -0.05) is 0 Å². The summed E-state index contributed by atoms with van der Waals surface area (Å²) >= 11 is 0. The van der Waals surface area contributed by atoms with Crippen molar-refractivity contribution in [2.24, 2.45) is 0 Å². The molecule has 2 N–H and O–H groups in total. The minimum Gasteiger partial charge on any atom is -0.318 e. The number of hydrogen-bond acceptors (Lipinski definition) is 4. The van der Waals surface area contributed by atoms with Crippen molar-refractivity contribution in [3.8, 4) is 0 Å². The average molecular weight is 229 g/mol. The first-order valence-corrected chi connectivity index (χ1v) is 6.11. The molecule has 0 atom stereocenters. The van der Waals surface area contributed by atoms with Crippen molar-refractivity contribution in [1.82, 2.24) is 15.0 Å². The predicted octanol–water partition coefficient (Wildman–Crippen LogP) is -0.112. The third kappa shape index (κ3) is 3.58. The van der Waals surface area contributed by atoms with Gasteiger partial charge in [-0.25, -0.2) is 13.1 Å². The predicted molar refractivity (Wildman–Crippen MR) is 58.1 cm³/mol. The van der Waals surface area contributed by atoms with Gasteiger partial charge >= 0.3 is 0 Å². The maximum Gasteiger partial charge on any atom is 0.242 e. The molecule has 0 aliphatic rings. The van der Waals surface area contributed by atoms with Crippen LogP contribution in [0.3, 0.4) is 0 Å². The van der Waals surface area contributed by atoms with E-state index in [1.54, 1.807) is 19.2 Å². The molecule has 15 heavy (non-hydrogen) atoms. The number of sulfonamides is 1. The Morgan fingerprint density at radius 1 is 1.33 bits per heavy atom. The Hall–Kier alpha value is -0.980. The number of aryl methyl sites for hydroxylation is 1. The zero-order valence-corrected chi connectivity index (χ0v) is 9.63. The molecule has 1 heterocycles. The maximum atomic E-state index is 11.6. The third-order valence-electron chi connectivity index (χ3n) is 1.86. The van der Waals surface area contributed by atoms with E-state index in [9.17, 15) is 8.42 Å². The zero-order chi connectivity index (χ0) is 11.3.